The lowest BCUT2D eigenvalue weighted by Crippen LogP contribution is -2.58. The highest BCUT2D eigenvalue weighted by molar-refractivity contribution is 5.28. The molecule has 0 aliphatic carbocycles. The lowest BCUT2D eigenvalue weighted by atomic mass is 9.85. The van der Waals surface area contributed by atoms with Crippen LogP contribution in [0.15, 0.2) is 42.5 Å². The first-order valence-electron chi connectivity index (χ1n) is 6.61. The van der Waals surface area contributed by atoms with Crippen LogP contribution >= 0.6 is 0 Å². The summed E-state index contributed by atoms with van der Waals surface area (Å²) in [7, 11) is 0. The number of β-amino-alcohol motifs (C(OH)–C–C–N with tert-alkyl or cyclic N) is 1. The molecule has 1 aliphatic heterocycles. The van der Waals surface area contributed by atoms with Crippen molar-refractivity contribution in [3.05, 3.63) is 71.0 Å². The maximum atomic E-state index is 13.2. The van der Waals surface area contributed by atoms with Gasteiger partial charge in [0.15, 0.2) is 11.6 Å². The third-order valence-corrected chi connectivity index (χ3v) is 3.75. The fourth-order valence-corrected chi connectivity index (χ4v) is 2.62. The molecule has 0 bridgehead atoms. The number of benzene rings is 2. The summed E-state index contributed by atoms with van der Waals surface area (Å²) in [5.74, 6) is -2.18. The third-order valence-electron chi connectivity index (χ3n) is 3.75. The summed E-state index contributed by atoms with van der Waals surface area (Å²) in [6.07, 6.45) is 0. The minimum absolute atomic E-state index is 0.291. The van der Waals surface area contributed by atoms with Crippen LogP contribution in [0.2, 0.25) is 0 Å². The lowest BCUT2D eigenvalue weighted by molar-refractivity contribution is -0.108. The predicted molar refractivity (Wildman–Crippen MR) is 71.9 cm³/mol. The Kier molecular flexibility index (Phi) is 3.47. The van der Waals surface area contributed by atoms with Crippen LogP contribution in [0.25, 0.3) is 0 Å². The van der Waals surface area contributed by atoms with Crippen LogP contribution in [-0.2, 0) is 12.1 Å². The summed E-state index contributed by atoms with van der Waals surface area (Å²) < 4.78 is 38.9. The van der Waals surface area contributed by atoms with Gasteiger partial charge in [0.2, 0.25) is 0 Å². The lowest BCUT2D eigenvalue weighted by Gasteiger charge is -2.47. The normalized spacial score (nSPS) is 17.5. The topological polar surface area (TPSA) is 23.5 Å². The Morgan fingerprint density at radius 3 is 2.24 bits per heavy atom. The van der Waals surface area contributed by atoms with Crippen molar-refractivity contribution in [2.75, 3.05) is 13.1 Å². The van der Waals surface area contributed by atoms with Crippen LogP contribution in [0.4, 0.5) is 13.2 Å². The Balaban J connectivity index is 1.66. The van der Waals surface area contributed by atoms with E-state index < -0.39 is 17.2 Å². The van der Waals surface area contributed by atoms with E-state index >= 15 is 0 Å². The Hall–Kier alpha value is -1.85. The van der Waals surface area contributed by atoms with Gasteiger partial charge in [-0.1, -0.05) is 18.2 Å². The molecule has 2 aromatic rings. The highest BCUT2D eigenvalue weighted by Crippen LogP contribution is 2.33. The number of rotatable bonds is 3. The van der Waals surface area contributed by atoms with Crippen molar-refractivity contribution < 1.29 is 18.3 Å². The maximum Gasteiger partial charge on any atom is 0.159 e. The molecule has 0 amide bonds. The molecule has 1 fully saturated rings. The van der Waals surface area contributed by atoms with Crippen LogP contribution in [-0.4, -0.2) is 23.1 Å². The quantitative estimate of drug-likeness (QED) is 0.940. The van der Waals surface area contributed by atoms with Crippen LogP contribution in [0.5, 0.6) is 0 Å². The zero-order valence-electron chi connectivity index (χ0n) is 11.2. The average molecular weight is 293 g/mol. The fourth-order valence-electron chi connectivity index (χ4n) is 2.62. The van der Waals surface area contributed by atoms with E-state index in [1.54, 1.807) is 12.1 Å². The van der Waals surface area contributed by atoms with E-state index in [2.05, 4.69) is 0 Å². The predicted octanol–water partition coefficient (Wildman–Crippen LogP) is 2.81. The van der Waals surface area contributed by atoms with Gasteiger partial charge in [-0.05, 0) is 35.4 Å². The van der Waals surface area contributed by atoms with Crippen LogP contribution < -0.4 is 0 Å². The number of hydrogen-bond donors (Lipinski definition) is 1. The van der Waals surface area contributed by atoms with Crippen molar-refractivity contribution in [1.29, 1.82) is 0 Å². The molecule has 1 heterocycles. The first kappa shape index (κ1) is 14.1. The van der Waals surface area contributed by atoms with Crippen molar-refractivity contribution in [2.45, 2.75) is 12.1 Å². The summed E-state index contributed by atoms with van der Waals surface area (Å²) in [4.78, 5) is 1.95. The molecule has 1 saturated heterocycles. The van der Waals surface area contributed by atoms with E-state index in [-0.39, 0.29) is 5.82 Å². The monoisotopic (exact) mass is 293 g/mol. The van der Waals surface area contributed by atoms with Crippen molar-refractivity contribution in [3.8, 4) is 0 Å². The van der Waals surface area contributed by atoms with Crippen molar-refractivity contribution in [1.82, 2.24) is 4.90 Å². The molecule has 3 rings (SSSR count). The van der Waals surface area contributed by atoms with E-state index in [4.69, 9.17) is 0 Å². The standard InChI is InChI=1S/C16H14F3NO/c17-13-4-1-11(2-5-13)8-20-9-16(21,10-20)12-3-6-14(18)15(19)7-12/h1-7,21H,8-10H2. The van der Waals surface area contributed by atoms with Crippen molar-refractivity contribution in [2.24, 2.45) is 0 Å². The molecule has 0 atom stereocenters. The number of likely N-dealkylation sites (tertiary alicyclic amines) is 1. The van der Waals surface area contributed by atoms with Gasteiger partial charge in [0.1, 0.15) is 11.4 Å². The maximum absolute atomic E-state index is 13.2. The zero-order chi connectivity index (χ0) is 15.0. The van der Waals surface area contributed by atoms with Gasteiger partial charge in [-0.2, -0.15) is 0 Å². The Morgan fingerprint density at radius 2 is 1.62 bits per heavy atom. The van der Waals surface area contributed by atoms with E-state index in [0.717, 1.165) is 17.7 Å². The molecule has 5 heteroatoms. The summed E-state index contributed by atoms with van der Waals surface area (Å²) in [5.41, 5.74) is 0.148. The summed E-state index contributed by atoms with van der Waals surface area (Å²) in [6.45, 7) is 1.23. The highest BCUT2D eigenvalue weighted by Gasteiger charge is 2.42. The van der Waals surface area contributed by atoms with Gasteiger partial charge >= 0.3 is 0 Å². The second kappa shape index (κ2) is 5.16. The fraction of sp³-hybridized carbons (Fsp3) is 0.250. The van der Waals surface area contributed by atoms with Gasteiger partial charge in [0.25, 0.3) is 0 Å². The minimum Gasteiger partial charge on any atom is -0.382 e. The number of nitrogens with zero attached hydrogens (tertiary/aromatic N) is 1. The van der Waals surface area contributed by atoms with Gasteiger partial charge in [-0.3, -0.25) is 4.90 Å². The second-order valence-electron chi connectivity index (χ2n) is 5.43. The number of halogens is 3. The molecule has 0 spiro atoms. The van der Waals surface area contributed by atoms with Crippen LogP contribution in [0, 0.1) is 17.5 Å². The van der Waals surface area contributed by atoms with E-state index in [9.17, 15) is 18.3 Å². The second-order valence-corrected chi connectivity index (χ2v) is 5.43. The largest absolute Gasteiger partial charge is 0.382 e. The molecular weight excluding hydrogens is 279 g/mol. The smallest absolute Gasteiger partial charge is 0.159 e. The average Bonchev–Trinajstić information content (AvgIpc) is 2.42. The van der Waals surface area contributed by atoms with Crippen LogP contribution in [0.3, 0.4) is 0 Å². The summed E-state index contributed by atoms with van der Waals surface area (Å²) in [6, 6.07) is 9.59. The molecule has 110 valence electrons. The highest BCUT2D eigenvalue weighted by atomic mass is 19.2. The minimum atomic E-state index is -1.16. The van der Waals surface area contributed by atoms with Crippen LogP contribution in [0.1, 0.15) is 11.1 Å². The van der Waals surface area contributed by atoms with Gasteiger partial charge in [0.05, 0.1) is 0 Å². The summed E-state index contributed by atoms with van der Waals surface area (Å²) in [5, 5.41) is 10.4. The van der Waals surface area contributed by atoms with Crippen molar-refractivity contribution >= 4 is 0 Å². The summed E-state index contributed by atoms with van der Waals surface area (Å²) >= 11 is 0. The zero-order valence-corrected chi connectivity index (χ0v) is 11.2. The molecule has 0 aromatic heterocycles. The Labute approximate surface area is 120 Å². The van der Waals surface area contributed by atoms with Gasteiger partial charge in [0, 0.05) is 19.6 Å². The molecule has 0 unspecified atom stereocenters. The molecular formula is C16H14F3NO. The van der Waals surface area contributed by atoms with Gasteiger partial charge < -0.3 is 5.11 Å². The molecule has 2 nitrogen and oxygen atoms in total. The molecule has 0 radical (unpaired) electrons. The molecule has 1 aliphatic rings. The number of aliphatic hydroxyl groups is 1. The number of hydrogen-bond acceptors (Lipinski definition) is 2. The first-order valence-corrected chi connectivity index (χ1v) is 6.61. The Morgan fingerprint density at radius 1 is 0.952 bits per heavy atom. The Bertz CT molecular complexity index is 651. The van der Waals surface area contributed by atoms with Gasteiger partial charge in [-0.15, -0.1) is 0 Å². The van der Waals surface area contributed by atoms with Crippen molar-refractivity contribution in [3.63, 3.8) is 0 Å². The third kappa shape index (κ3) is 2.80. The molecule has 21 heavy (non-hydrogen) atoms. The molecule has 0 saturated carbocycles. The SMILES string of the molecule is OC1(c2ccc(F)c(F)c2)CN(Cc2ccc(F)cc2)C1. The van der Waals surface area contributed by atoms with E-state index in [0.29, 0.717) is 25.2 Å². The van der Waals surface area contributed by atoms with E-state index in [1.807, 2.05) is 4.90 Å². The van der Waals surface area contributed by atoms with Gasteiger partial charge in [-0.25, -0.2) is 13.2 Å². The molecule has 1 N–H and O–H groups in total. The molecule has 2 aromatic carbocycles. The van der Waals surface area contributed by atoms with E-state index in [1.165, 1.54) is 18.2 Å². The first-order chi connectivity index (χ1) is 9.96.